The number of ketones is 1. The van der Waals surface area contributed by atoms with Crippen LogP contribution in [0.2, 0.25) is 0 Å². The minimum Gasteiger partial charge on any atom is -0.481 e. The summed E-state index contributed by atoms with van der Waals surface area (Å²) in [6, 6.07) is 0. The number of rotatable bonds is 7. The molecule has 0 saturated carbocycles. The predicted octanol–water partition coefficient (Wildman–Crippen LogP) is 0.549. The van der Waals surface area contributed by atoms with Gasteiger partial charge in [0.1, 0.15) is 5.78 Å². The van der Waals surface area contributed by atoms with Gasteiger partial charge in [-0.25, -0.2) is 0 Å². The molecule has 0 radical (unpaired) electrons. The van der Waals surface area contributed by atoms with Crippen LogP contribution in [0.15, 0.2) is 0 Å². The molecular weight excluding hydrogens is 158 g/mol. The molecule has 70 valence electrons. The zero-order valence-electron chi connectivity index (χ0n) is 7.08. The van der Waals surface area contributed by atoms with E-state index in [9.17, 15) is 9.59 Å². The Balaban J connectivity index is 3.11. The van der Waals surface area contributed by atoms with Crippen molar-refractivity contribution in [3.63, 3.8) is 0 Å². The maximum absolute atomic E-state index is 10.7. The second-order valence-corrected chi connectivity index (χ2v) is 2.70. The molecule has 4 nitrogen and oxygen atoms in total. The van der Waals surface area contributed by atoms with Crippen LogP contribution in [0, 0.1) is 0 Å². The smallest absolute Gasteiger partial charge is 0.303 e. The van der Waals surface area contributed by atoms with E-state index in [2.05, 4.69) is 0 Å². The van der Waals surface area contributed by atoms with Gasteiger partial charge in [-0.1, -0.05) is 6.42 Å². The van der Waals surface area contributed by atoms with E-state index in [1.807, 2.05) is 0 Å². The van der Waals surface area contributed by atoms with Crippen molar-refractivity contribution in [1.82, 2.24) is 0 Å². The SMILES string of the molecule is NCC(=O)CCCCCC(=O)O. The van der Waals surface area contributed by atoms with E-state index in [4.69, 9.17) is 10.8 Å². The number of carbonyl (C=O) groups excluding carboxylic acids is 1. The number of nitrogens with two attached hydrogens (primary N) is 1. The first-order valence-electron chi connectivity index (χ1n) is 4.10. The molecule has 0 aromatic heterocycles. The number of carbonyl (C=O) groups is 2. The number of Topliss-reactive ketones (excluding diaryl/α,β-unsaturated/α-hetero) is 1. The number of carboxylic acids is 1. The summed E-state index contributed by atoms with van der Waals surface area (Å²) >= 11 is 0. The largest absolute Gasteiger partial charge is 0.481 e. The number of carboxylic acid groups (broad SMARTS) is 1. The maximum Gasteiger partial charge on any atom is 0.303 e. The minimum absolute atomic E-state index is 0.0466. The van der Waals surface area contributed by atoms with Gasteiger partial charge in [0.2, 0.25) is 0 Å². The molecule has 0 aromatic carbocycles. The average molecular weight is 173 g/mol. The fraction of sp³-hybridized carbons (Fsp3) is 0.750. The van der Waals surface area contributed by atoms with Gasteiger partial charge in [-0.15, -0.1) is 0 Å². The van der Waals surface area contributed by atoms with Crippen LogP contribution in [-0.2, 0) is 9.59 Å². The molecule has 0 bridgehead atoms. The molecule has 0 rings (SSSR count). The Morgan fingerprint density at radius 2 is 1.67 bits per heavy atom. The first kappa shape index (κ1) is 11.1. The molecule has 3 N–H and O–H groups in total. The molecule has 0 fully saturated rings. The summed E-state index contributed by atoms with van der Waals surface area (Å²) in [7, 11) is 0. The molecule has 0 heterocycles. The summed E-state index contributed by atoms with van der Waals surface area (Å²) in [5, 5.41) is 8.28. The van der Waals surface area contributed by atoms with Crippen molar-refractivity contribution in [2.24, 2.45) is 5.73 Å². The summed E-state index contributed by atoms with van der Waals surface area (Å²) in [6.07, 6.45) is 2.86. The third kappa shape index (κ3) is 7.21. The van der Waals surface area contributed by atoms with E-state index < -0.39 is 5.97 Å². The molecule has 0 amide bonds. The normalized spacial score (nSPS) is 9.75. The highest BCUT2D eigenvalue weighted by Gasteiger charge is 1.99. The molecule has 0 aromatic rings. The number of hydrogen-bond acceptors (Lipinski definition) is 3. The summed E-state index contributed by atoms with van der Waals surface area (Å²) in [6.45, 7) is 0.0962. The summed E-state index contributed by atoms with van der Waals surface area (Å²) in [4.78, 5) is 20.7. The third-order valence-corrected chi connectivity index (χ3v) is 1.57. The van der Waals surface area contributed by atoms with Crippen LogP contribution >= 0.6 is 0 Å². The van der Waals surface area contributed by atoms with Gasteiger partial charge in [-0.05, 0) is 12.8 Å². The number of hydrogen-bond donors (Lipinski definition) is 2. The van der Waals surface area contributed by atoms with Gasteiger partial charge in [-0.2, -0.15) is 0 Å². The van der Waals surface area contributed by atoms with Crippen molar-refractivity contribution in [3.05, 3.63) is 0 Å². The molecule has 0 spiro atoms. The Kier molecular flexibility index (Phi) is 6.28. The first-order chi connectivity index (χ1) is 5.66. The van der Waals surface area contributed by atoms with E-state index >= 15 is 0 Å². The molecule has 0 saturated heterocycles. The fourth-order valence-electron chi connectivity index (χ4n) is 0.877. The molecule has 0 aliphatic heterocycles. The van der Waals surface area contributed by atoms with Gasteiger partial charge >= 0.3 is 5.97 Å². The topological polar surface area (TPSA) is 80.4 Å². The standard InChI is InChI=1S/C8H15NO3/c9-6-7(10)4-2-1-3-5-8(11)12/h1-6,9H2,(H,11,12). The van der Waals surface area contributed by atoms with E-state index in [-0.39, 0.29) is 18.7 Å². The second-order valence-electron chi connectivity index (χ2n) is 2.70. The van der Waals surface area contributed by atoms with Crippen molar-refractivity contribution < 1.29 is 14.7 Å². The monoisotopic (exact) mass is 173 g/mol. The van der Waals surface area contributed by atoms with Crippen molar-refractivity contribution in [3.8, 4) is 0 Å². The lowest BCUT2D eigenvalue weighted by Crippen LogP contribution is -2.12. The molecule has 0 atom stereocenters. The third-order valence-electron chi connectivity index (χ3n) is 1.57. The van der Waals surface area contributed by atoms with Crippen LogP contribution in [0.4, 0.5) is 0 Å². The Bertz CT molecular complexity index is 156. The van der Waals surface area contributed by atoms with Crippen molar-refractivity contribution in [1.29, 1.82) is 0 Å². The number of aliphatic carboxylic acids is 1. The predicted molar refractivity (Wildman–Crippen MR) is 44.8 cm³/mol. The zero-order valence-corrected chi connectivity index (χ0v) is 7.08. The molecule has 4 heteroatoms. The Morgan fingerprint density at radius 3 is 2.17 bits per heavy atom. The van der Waals surface area contributed by atoms with Gasteiger partial charge < -0.3 is 10.8 Å². The highest BCUT2D eigenvalue weighted by molar-refractivity contribution is 5.80. The van der Waals surface area contributed by atoms with Crippen LogP contribution in [0.25, 0.3) is 0 Å². The quantitative estimate of drug-likeness (QED) is 0.551. The summed E-state index contributed by atoms with van der Waals surface area (Å²) in [5.74, 6) is -0.731. The first-order valence-corrected chi connectivity index (χ1v) is 4.10. The van der Waals surface area contributed by atoms with Gasteiger partial charge in [0.25, 0.3) is 0 Å². The van der Waals surface area contributed by atoms with E-state index in [0.717, 1.165) is 12.8 Å². The van der Waals surface area contributed by atoms with Crippen molar-refractivity contribution in [2.75, 3.05) is 6.54 Å². The van der Waals surface area contributed by atoms with E-state index in [1.54, 1.807) is 0 Å². The van der Waals surface area contributed by atoms with Crippen molar-refractivity contribution >= 4 is 11.8 Å². The van der Waals surface area contributed by atoms with Gasteiger partial charge in [0.15, 0.2) is 0 Å². The lowest BCUT2D eigenvalue weighted by molar-refractivity contribution is -0.137. The fourth-order valence-corrected chi connectivity index (χ4v) is 0.877. The summed E-state index contributed by atoms with van der Waals surface area (Å²) in [5.41, 5.74) is 5.09. The Hall–Kier alpha value is -0.900. The van der Waals surface area contributed by atoms with Crippen LogP contribution in [0.5, 0.6) is 0 Å². The average Bonchev–Trinajstić information content (AvgIpc) is 2.03. The second kappa shape index (κ2) is 6.79. The van der Waals surface area contributed by atoms with Crippen LogP contribution in [0.1, 0.15) is 32.1 Å². The molecule has 0 aliphatic rings. The van der Waals surface area contributed by atoms with Crippen LogP contribution < -0.4 is 5.73 Å². The number of unbranched alkanes of at least 4 members (excludes halogenated alkanes) is 2. The molecular formula is C8H15NO3. The highest BCUT2D eigenvalue weighted by atomic mass is 16.4. The molecule has 0 aliphatic carbocycles. The minimum atomic E-state index is -0.778. The summed E-state index contributed by atoms with van der Waals surface area (Å²) < 4.78 is 0. The lowest BCUT2D eigenvalue weighted by Gasteiger charge is -1.96. The molecule has 12 heavy (non-hydrogen) atoms. The van der Waals surface area contributed by atoms with E-state index in [1.165, 1.54) is 0 Å². The zero-order chi connectivity index (χ0) is 9.40. The van der Waals surface area contributed by atoms with Crippen LogP contribution in [-0.4, -0.2) is 23.4 Å². The van der Waals surface area contributed by atoms with Crippen molar-refractivity contribution in [2.45, 2.75) is 32.1 Å². The van der Waals surface area contributed by atoms with Gasteiger partial charge in [-0.3, -0.25) is 9.59 Å². The Morgan fingerprint density at radius 1 is 1.08 bits per heavy atom. The maximum atomic E-state index is 10.7. The van der Waals surface area contributed by atoms with Gasteiger partial charge in [0.05, 0.1) is 6.54 Å². The van der Waals surface area contributed by atoms with Gasteiger partial charge in [0, 0.05) is 12.8 Å². The Labute approximate surface area is 71.8 Å². The highest BCUT2D eigenvalue weighted by Crippen LogP contribution is 2.02. The molecule has 0 unspecified atom stereocenters. The van der Waals surface area contributed by atoms with Crippen LogP contribution in [0.3, 0.4) is 0 Å². The lowest BCUT2D eigenvalue weighted by atomic mass is 10.1. The van der Waals surface area contributed by atoms with E-state index in [0.29, 0.717) is 12.8 Å².